The minimum absolute atomic E-state index is 0.240. The van der Waals surface area contributed by atoms with Crippen molar-refractivity contribution in [2.24, 2.45) is 0 Å². The molecule has 2 heterocycles. The zero-order chi connectivity index (χ0) is 20.5. The maximum atomic E-state index is 12.8. The Labute approximate surface area is 172 Å². The van der Waals surface area contributed by atoms with Gasteiger partial charge in [0, 0.05) is 5.56 Å². The summed E-state index contributed by atoms with van der Waals surface area (Å²) in [5.74, 6) is 0.931. The lowest BCUT2D eigenvalue weighted by Gasteiger charge is -2.11. The highest BCUT2D eigenvalue weighted by atomic mass is 16.5. The number of rotatable bonds is 5. The molecule has 5 rings (SSSR count). The number of nitrogens with zero attached hydrogens (tertiary/aromatic N) is 1. The lowest BCUT2D eigenvalue weighted by molar-refractivity contribution is 0.0945. The summed E-state index contributed by atoms with van der Waals surface area (Å²) in [4.78, 5) is 12.8. The number of hydrogen-bond acceptors (Lipinski definition) is 4. The number of nitrogens with one attached hydrogen (secondary N) is 2. The SMILES string of the molecule is COc1c(C(=O)NCc2ccco2)ccc2[nH]nc(-c3ccc4ccccc4c3)c12. The summed E-state index contributed by atoms with van der Waals surface area (Å²) in [5, 5.41) is 13.5. The molecule has 0 unspecified atom stereocenters. The number of ether oxygens (including phenoxy) is 1. The molecule has 0 atom stereocenters. The molecule has 2 aromatic heterocycles. The van der Waals surface area contributed by atoms with Crippen LogP contribution in [0.5, 0.6) is 5.75 Å². The van der Waals surface area contributed by atoms with E-state index in [-0.39, 0.29) is 5.91 Å². The van der Waals surface area contributed by atoms with Crippen molar-refractivity contribution < 1.29 is 13.9 Å². The third-order valence-corrected chi connectivity index (χ3v) is 5.16. The summed E-state index contributed by atoms with van der Waals surface area (Å²) in [7, 11) is 1.56. The number of carbonyl (C=O) groups excluding carboxylic acids is 1. The van der Waals surface area contributed by atoms with Gasteiger partial charge >= 0.3 is 0 Å². The highest BCUT2D eigenvalue weighted by molar-refractivity contribution is 6.07. The predicted molar refractivity (Wildman–Crippen MR) is 115 cm³/mol. The summed E-state index contributed by atoms with van der Waals surface area (Å²) in [5.41, 5.74) is 2.94. The van der Waals surface area contributed by atoms with Crippen molar-refractivity contribution in [3.63, 3.8) is 0 Å². The van der Waals surface area contributed by atoms with Crippen molar-refractivity contribution in [3.05, 3.63) is 84.3 Å². The van der Waals surface area contributed by atoms with Gasteiger partial charge in [-0.25, -0.2) is 0 Å². The fraction of sp³-hybridized carbons (Fsp3) is 0.0833. The molecule has 0 radical (unpaired) electrons. The van der Waals surface area contributed by atoms with Crippen LogP contribution in [0.4, 0.5) is 0 Å². The number of carbonyl (C=O) groups is 1. The van der Waals surface area contributed by atoms with Crippen molar-refractivity contribution in [3.8, 4) is 17.0 Å². The summed E-state index contributed by atoms with van der Waals surface area (Å²) >= 11 is 0. The molecular formula is C24H19N3O3. The highest BCUT2D eigenvalue weighted by Crippen LogP contribution is 2.37. The van der Waals surface area contributed by atoms with Gasteiger partial charge in [0.25, 0.3) is 5.91 Å². The van der Waals surface area contributed by atoms with Crippen LogP contribution in [0.3, 0.4) is 0 Å². The molecule has 30 heavy (non-hydrogen) atoms. The number of amides is 1. The molecule has 6 nitrogen and oxygen atoms in total. The average molecular weight is 397 g/mol. The van der Waals surface area contributed by atoms with Gasteiger partial charge in [0.2, 0.25) is 0 Å². The van der Waals surface area contributed by atoms with Gasteiger partial charge in [0.05, 0.1) is 36.4 Å². The second-order valence-corrected chi connectivity index (χ2v) is 6.97. The molecule has 6 heteroatoms. The monoisotopic (exact) mass is 397 g/mol. The molecule has 0 saturated carbocycles. The van der Waals surface area contributed by atoms with Crippen LogP contribution < -0.4 is 10.1 Å². The summed E-state index contributed by atoms with van der Waals surface area (Å²) < 4.78 is 11.0. The molecule has 0 aliphatic carbocycles. The van der Waals surface area contributed by atoms with Crippen LogP contribution in [0.15, 0.2) is 77.4 Å². The first-order chi connectivity index (χ1) is 14.7. The summed E-state index contributed by atoms with van der Waals surface area (Å²) in [6.45, 7) is 0.302. The van der Waals surface area contributed by atoms with Crippen molar-refractivity contribution >= 4 is 27.6 Å². The number of benzene rings is 3. The van der Waals surface area contributed by atoms with E-state index in [9.17, 15) is 4.79 Å². The lowest BCUT2D eigenvalue weighted by atomic mass is 10.0. The van der Waals surface area contributed by atoms with E-state index in [1.54, 1.807) is 25.5 Å². The number of aromatic amines is 1. The van der Waals surface area contributed by atoms with Crippen LogP contribution in [-0.4, -0.2) is 23.2 Å². The van der Waals surface area contributed by atoms with Crippen LogP contribution >= 0.6 is 0 Å². The number of furan rings is 1. The van der Waals surface area contributed by atoms with E-state index in [1.807, 2.05) is 30.3 Å². The number of hydrogen-bond donors (Lipinski definition) is 2. The van der Waals surface area contributed by atoms with Crippen molar-refractivity contribution in [1.82, 2.24) is 15.5 Å². The Balaban J connectivity index is 1.58. The zero-order valence-corrected chi connectivity index (χ0v) is 16.3. The van der Waals surface area contributed by atoms with Crippen LogP contribution in [0.1, 0.15) is 16.1 Å². The van der Waals surface area contributed by atoms with E-state index in [0.29, 0.717) is 23.6 Å². The summed E-state index contributed by atoms with van der Waals surface area (Å²) in [6.07, 6.45) is 1.58. The van der Waals surface area contributed by atoms with Crippen LogP contribution in [-0.2, 0) is 6.54 Å². The first-order valence-electron chi connectivity index (χ1n) is 9.59. The van der Waals surface area contributed by atoms with Crippen molar-refractivity contribution in [2.45, 2.75) is 6.54 Å². The van der Waals surface area contributed by atoms with E-state index >= 15 is 0 Å². The van der Waals surface area contributed by atoms with E-state index in [0.717, 1.165) is 32.9 Å². The topological polar surface area (TPSA) is 80.1 Å². The first kappa shape index (κ1) is 18.0. The maximum absolute atomic E-state index is 12.8. The molecule has 0 bridgehead atoms. The Morgan fingerprint density at radius 3 is 2.73 bits per heavy atom. The molecule has 0 aliphatic rings. The van der Waals surface area contributed by atoms with Gasteiger partial charge in [-0.2, -0.15) is 5.10 Å². The van der Waals surface area contributed by atoms with Gasteiger partial charge in [-0.15, -0.1) is 0 Å². The molecule has 5 aromatic rings. The van der Waals surface area contributed by atoms with Crippen molar-refractivity contribution in [1.29, 1.82) is 0 Å². The van der Waals surface area contributed by atoms with E-state index in [1.165, 1.54) is 0 Å². The largest absolute Gasteiger partial charge is 0.495 e. The number of H-pyrrole nitrogens is 1. The normalized spacial score (nSPS) is 11.1. The first-order valence-corrected chi connectivity index (χ1v) is 9.59. The number of fused-ring (bicyclic) bond motifs is 2. The van der Waals surface area contributed by atoms with Gasteiger partial charge in [0.15, 0.2) is 0 Å². The molecule has 2 N–H and O–H groups in total. The fourth-order valence-electron chi connectivity index (χ4n) is 3.70. The third-order valence-electron chi connectivity index (χ3n) is 5.16. The molecule has 0 fully saturated rings. The Hall–Kier alpha value is -4.06. The van der Waals surface area contributed by atoms with Crippen LogP contribution in [0.25, 0.3) is 32.9 Å². The quantitative estimate of drug-likeness (QED) is 0.441. The van der Waals surface area contributed by atoms with E-state index in [4.69, 9.17) is 9.15 Å². The van der Waals surface area contributed by atoms with Crippen LogP contribution in [0, 0.1) is 0 Å². The van der Waals surface area contributed by atoms with E-state index in [2.05, 4.69) is 39.8 Å². The van der Waals surface area contributed by atoms with Gasteiger partial charge in [0.1, 0.15) is 17.2 Å². The lowest BCUT2D eigenvalue weighted by Crippen LogP contribution is -2.23. The second kappa shape index (κ2) is 7.40. The molecule has 1 amide bonds. The molecule has 0 spiro atoms. The molecule has 0 aliphatic heterocycles. The standard InChI is InChI=1S/C24H19N3O3/c1-29-23-19(24(28)25-14-18-7-4-12-30-18)10-11-20-21(23)22(27-26-20)17-9-8-15-5-2-3-6-16(15)13-17/h2-13H,14H2,1H3,(H,25,28)(H,26,27). The minimum atomic E-state index is -0.240. The van der Waals surface area contributed by atoms with Gasteiger partial charge in [-0.1, -0.05) is 36.4 Å². The average Bonchev–Trinajstić information content (AvgIpc) is 3.46. The van der Waals surface area contributed by atoms with Gasteiger partial charge in [-0.3, -0.25) is 9.89 Å². The van der Waals surface area contributed by atoms with Gasteiger partial charge in [-0.05, 0) is 41.1 Å². The fourth-order valence-corrected chi connectivity index (χ4v) is 3.70. The minimum Gasteiger partial charge on any atom is -0.495 e. The smallest absolute Gasteiger partial charge is 0.255 e. The predicted octanol–water partition coefficient (Wildman–Crippen LogP) is 4.91. The number of aromatic nitrogens is 2. The van der Waals surface area contributed by atoms with Crippen molar-refractivity contribution in [2.75, 3.05) is 7.11 Å². The Morgan fingerprint density at radius 1 is 1.07 bits per heavy atom. The molecule has 0 saturated heterocycles. The molecule has 3 aromatic carbocycles. The maximum Gasteiger partial charge on any atom is 0.255 e. The Morgan fingerprint density at radius 2 is 1.93 bits per heavy atom. The third kappa shape index (κ3) is 3.08. The highest BCUT2D eigenvalue weighted by Gasteiger charge is 2.20. The Bertz CT molecular complexity index is 1350. The second-order valence-electron chi connectivity index (χ2n) is 6.97. The molecule has 148 valence electrons. The number of methoxy groups -OCH3 is 1. The summed E-state index contributed by atoms with van der Waals surface area (Å²) in [6, 6.07) is 21.5. The van der Waals surface area contributed by atoms with E-state index < -0.39 is 0 Å². The van der Waals surface area contributed by atoms with Crippen LogP contribution in [0.2, 0.25) is 0 Å². The van der Waals surface area contributed by atoms with Gasteiger partial charge < -0.3 is 14.5 Å². The molecular weight excluding hydrogens is 378 g/mol. The zero-order valence-electron chi connectivity index (χ0n) is 16.3. The Kier molecular flexibility index (Phi) is 4.44.